The van der Waals surface area contributed by atoms with Crippen molar-refractivity contribution in [3.63, 3.8) is 0 Å². The first kappa shape index (κ1) is 26.6. The van der Waals surface area contributed by atoms with Crippen LogP contribution in [-0.4, -0.2) is 39.0 Å². The molecule has 3 aromatic carbocycles. The van der Waals surface area contributed by atoms with Crippen LogP contribution in [-0.2, 0) is 20.7 Å². The fraction of sp³-hybridized carbons (Fsp3) is 0.424. The Labute approximate surface area is 234 Å². The molecule has 0 N–H and O–H groups in total. The Balaban J connectivity index is 1.24. The van der Waals surface area contributed by atoms with Gasteiger partial charge in [-0.3, -0.25) is 4.79 Å². The molecule has 0 saturated carbocycles. The van der Waals surface area contributed by atoms with Gasteiger partial charge in [0.15, 0.2) is 0 Å². The molecule has 1 fully saturated rings. The lowest BCUT2D eigenvalue weighted by atomic mass is 9.90. The molecule has 1 aliphatic carbocycles. The molecule has 40 heavy (non-hydrogen) atoms. The summed E-state index contributed by atoms with van der Waals surface area (Å²) in [6, 6.07) is 13.3. The normalized spacial score (nSPS) is 20.0. The molecule has 1 saturated heterocycles. The maximum Gasteiger partial charge on any atom is 0.306 e. The summed E-state index contributed by atoms with van der Waals surface area (Å²) in [4.78, 5) is 11.7. The van der Waals surface area contributed by atoms with Gasteiger partial charge in [-0.1, -0.05) is 12.1 Å². The number of carbonyl (C=O) groups is 1. The van der Waals surface area contributed by atoms with Gasteiger partial charge in [0.25, 0.3) is 0 Å². The molecule has 3 aliphatic rings. The van der Waals surface area contributed by atoms with E-state index in [0.29, 0.717) is 30.1 Å². The Morgan fingerprint density at radius 1 is 0.975 bits per heavy atom. The van der Waals surface area contributed by atoms with Crippen LogP contribution in [0.2, 0.25) is 0 Å². The van der Waals surface area contributed by atoms with E-state index in [-0.39, 0.29) is 30.2 Å². The smallest absolute Gasteiger partial charge is 0.306 e. The molecular formula is C33H35FO6. The van der Waals surface area contributed by atoms with Crippen LogP contribution in [0.5, 0.6) is 17.2 Å². The first-order valence-corrected chi connectivity index (χ1v) is 14.1. The van der Waals surface area contributed by atoms with E-state index in [4.69, 9.17) is 23.7 Å². The number of aryl methyl sites for hydroxylation is 2. The summed E-state index contributed by atoms with van der Waals surface area (Å²) in [6.07, 6.45) is 3.28. The zero-order chi connectivity index (χ0) is 27.8. The number of ether oxygens (including phenoxy) is 5. The van der Waals surface area contributed by atoms with Gasteiger partial charge in [-0.05, 0) is 78.8 Å². The van der Waals surface area contributed by atoms with Crippen LogP contribution in [0.1, 0.15) is 65.5 Å². The molecule has 6 nitrogen and oxygen atoms in total. The molecule has 0 amide bonds. The zero-order valence-electron chi connectivity index (χ0n) is 23.3. The summed E-state index contributed by atoms with van der Waals surface area (Å²) < 4.78 is 44.1. The van der Waals surface area contributed by atoms with E-state index in [0.717, 1.165) is 71.6 Å². The summed E-state index contributed by atoms with van der Waals surface area (Å²) in [6.45, 7) is 6.08. The number of benzene rings is 3. The molecule has 0 spiro atoms. The molecule has 7 heteroatoms. The molecule has 2 aliphatic heterocycles. The fourth-order valence-electron chi connectivity index (χ4n) is 6.38. The van der Waals surface area contributed by atoms with Crippen LogP contribution >= 0.6 is 0 Å². The minimum Gasteiger partial charge on any atom is -0.492 e. The summed E-state index contributed by atoms with van der Waals surface area (Å²) >= 11 is 0. The SMILES string of the molecule is COC(=O)CC1COc2cc(O[C@@H]3CCc4c(-c5c(C)cc(OC6CCOCC6)cc5C)ccc(F)c43)ccc21. The Morgan fingerprint density at radius 2 is 1.75 bits per heavy atom. The van der Waals surface area contributed by atoms with E-state index in [1.165, 1.54) is 7.11 Å². The number of fused-ring (bicyclic) bond motifs is 2. The fourth-order valence-corrected chi connectivity index (χ4v) is 6.38. The Hall–Kier alpha value is -3.58. The third-order valence-corrected chi connectivity index (χ3v) is 8.31. The predicted molar refractivity (Wildman–Crippen MR) is 149 cm³/mol. The van der Waals surface area contributed by atoms with E-state index in [1.54, 1.807) is 6.07 Å². The van der Waals surface area contributed by atoms with Crippen molar-refractivity contribution in [1.29, 1.82) is 0 Å². The van der Waals surface area contributed by atoms with Crippen molar-refractivity contribution in [3.05, 3.63) is 76.1 Å². The van der Waals surface area contributed by atoms with E-state index < -0.39 is 6.10 Å². The maximum absolute atomic E-state index is 15.3. The molecule has 210 valence electrons. The summed E-state index contributed by atoms with van der Waals surface area (Å²) in [5, 5.41) is 0. The third-order valence-electron chi connectivity index (χ3n) is 8.31. The van der Waals surface area contributed by atoms with Crippen molar-refractivity contribution in [2.45, 2.75) is 64.1 Å². The first-order chi connectivity index (χ1) is 19.4. The molecule has 2 atom stereocenters. The number of rotatable bonds is 7. The van der Waals surface area contributed by atoms with Gasteiger partial charge in [-0.25, -0.2) is 4.39 Å². The number of carbonyl (C=O) groups excluding carboxylic acids is 1. The lowest BCUT2D eigenvalue weighted by Gasteiger charge is -2.24. The molecule has 0 bridgehead atoms. The lowest BCUT2D eigenvalue weighted by Crippen LogP contribution is -2.25. The van der Waals surface area contributed by atoms with Gasteiger partial charge in [0.05, 0.1) is 33.4 Å². The maximum atomic E-state index is 15.3. The number of hydrogen-bond acceptors (Lipinski definition) is 6. The Kier molecular flexibility index (Phi) is 7.41. The van der Waals surface area contributed by atoms with Crippen molar-refractivity contribution in [3.8, 4) is 28.4 Å². The van der Waals surface area contributed by atoms with Gasteiger partial charge in [0.1, 0.15) is 35.3 Å². The Morgan fingerprint density at radius 3 is 2.50 bits per heavy atom. The van der Waals surface area contributed by atoms with Crippen LogP contribution in [0.15, 0.2) is 42.5 Å². The quantitative estimate of drug-likeness (QED) is 0.305. The van der Waals surface area contributed by atoms with Gasteiger partial charge in [0.2, 0.25) is 0 Å². The van der Waals surface area contributed by atoms with Crippen molar-refractivity contribution in [2.24, 2.45) is 0 Å². The third kappa shape index (κ3) is 5.15. The molecule has 1 unspecified atom stereocenters. The van der Waals surface area contributed by atoms with E-state index in [2.05, 4.69) is 26.0 Å². The van der Waals surface area contributed by atoms with Crippen LogP contribution in [0.3, 0.4) is 0 Å². The van der Waals surface area contributed by atoms with Gasteiger partial charge < -0.3 is 23.7 Å². The number of halogens is 1. The van der Waals surface area contributed by atoms with Crippen molar-refractivity contribution in [1.82, 2.24) is 0 Å². The topological polar surface area (TPSA) is 63.2 Å². The van der Waals surface area contributed by atoms with Crippen LogP contribution in [0.4, 0.5) is 4.39 Å². The number of hydrogen-bond donors (Lipinski definition) is 0. The first-order valence-electron chi connectivity index (χ1n) is 14.1. The van der Waals surface area contributed by atoms with Crippen molar-refractivity contribution in [2.75, 3.05) is 26.9 Å². The molecule has 3 aromatic rings. The van der Waals surface area contributed by atoms with Crippen molar-refractivity contribution >= 4 is 5.97 Å². The van der Waals surface area contributed by atoms with Crippen LogP contribution < -0.4 is 14.2 Å². The second-order valence-electron chi connectivity index (χ2n) is 11.0. The van der Waals surface area contributed by atoms with Crippen LogP contribution in [0.25, 0.3) is 11.1 Å². The zero-order valence-corrected chi connectivity index (χ0v) is 23.3. The second-order valence-corrected chi connectivity index (χ2v) is 11.0. The highest BCUT2D eigenvalue weighted by atomic mass is 19.1. The standard InChI is InChI=1S/C33H35FO6/c1-19-14-24(39-22-10-12-37-13-11-22)15-20(2)32(19)26-6-8-28(34)33-27(26)7-9-29(33)40-23-4-5-25-21(16-31(35)36-3)18-38-30(25)17-23/h4-6,8,14-15,17,21-22,29H,7,9-13,16,18H2,1-3H3/t21?,29-/m1/s1. The van der Waals surface area contributed by atoms with E-state index in [1.807, 2.05) is 24.3 Å². The van der Waals surface area contributed by atoms with Gasteiger partial charge in [0, 0.05) is 36.0 Å². The largest absolute Gasteiger partial charge is 0.492 e. The average molecular weight is 547 g/mol. The highest BCUT2D eigenvalue weighted by Gasteiger charge is 2.32. The van der Waals surface area contributed by atoms with Gasteiger partial charge >= 0.3 is 5.97 Å². The minimum atomic E-state index is -0.392. The summed E-state index contributed by atoms with van der Waals surface area (Å²) in [5.74, 6) is 1.66. The van der Waals surface area contributed by atoms with Crippen LogP contribution in [0, 0.1) is 19.7 Å². The van der Waals surface area contributed by atoms with Gasteiger partial charge in [-0.15, -0.1) is 0 Å². The average Bonchev–Trinajstić information content (AvgIpc) is 3.54. The molecular weight excluding hydrogens is 511 g/mol. The minimum absolute atomic E-state index is 0.0383. The molecule has 2 heterocycles. The second kappa shape index (κ2) is 11.1. The summed E-state index contributed by atoms with van der Waals surface area (Å²) in [5.41, 5.74) is 6.99. The summed E-state index contributed by atoms with van der Waals surface area (Å²) in [7, 11) is 1.39. The molecule has 0 radical (unpaired) electrons. The van der Waals surface area contributed by atoms with E-state index >= 15 is 4.39 Å². The van der Waals surface area contributed by atoms with Crippen molar-refractivity contribution < 1.29 is 32.9 Å². The highest BCUT2D eigenvalue weighted by molar-refractivity contribution is 5.76. The van der Waals surface area contributed by atoms with E-state index in [9.17, 15) is 4.79 Å². The Bertz CT molecular complexity index is 1400. The van der Waals surface area contributed by atoms with Gasteiger partial charge in [-0.2, -0.15) is 0 Å². The predicted octanol–water partition coefficient (Wildman–Crippen LogP) is 6.77. The number of esters is 1. The number of methoxy groups -OCH3 is 1. The monoisotopic (exact) mass is 546 g/mol. The highest BCUT2D eigenvalue weighted by Crippen LogP contribution is 2.45. The lowest BCUT2D eigenvalue weighted by molar-refractivity contribution is -0.141. The molecule has 0 aromatic heterocycles. The molecule has 6 rings (SSSR count).